The van der Waals surface area contributed by atoms with Crippen LogP contribution in [0.25, 0.3) is 0 Å². The average Bonchev–Trinajstić information content (AvgIpc) is 2.98. The molecule has 0 saturated heterocycles. The largest absolute Gasteiger partial charge is 0.351 e. The van der Waals surface area contributed by atoms with E-state index in [2.05, 4.69) is 14.8 Å². The summed E-state index contributed by atoms with van der Waals surface area (Å²) in [7, 11) is -3.89. The van der Waals surface area contributed by atoms with Gasteiger partial charge in [0.15, 0.2) is 5.84 Å². The van der Waals surface area contributed by atoms with Crippen molar-refractivity contribution in [3.63, 3.8) is 0 Å². The third kappa shape index (κ3) is 5.55. The number of rotatable bonds is 6. The number of nitrogens with one attached hydrogen (secondary N) is 1. The minimum Gasteiger partial charge on any atom is -0.351 e. The molecule has 11 heteroatoms. The van der Waals surface area contributed by atoms with Gasteiger partial charge in [0.25, 0.3) is 15.7 Å². The zero-order chi connectivity index (χ0) is 23.5. The third-order valence-corrected chi connectivity index (χ3v) is 5.67. The first kappa shape index (κ1) is 23.1. The molecule has 1 N–H and O–H groups in total. The average molecular weight is 458 g/mol. The molecule has 2 aromatic rings. The molecule has 0 aliphatic carbocycles. The molecule has 0 aromatic heterocycles. The number of benzene rings is 2. The van der Waals surface area contributed by atoms with Crippen LogP contribution in [0.15, 0.2) is 62.9 Å². The highest BCUT2D eigenvalue weighted by atomic mass is 32.2. The fourth-order valence-corrected chi connectivity index (χ4v) is 4.24. The second-order valence-corrected chi connectivity index (χ2v) is 9.73. The molecule has 10 nitrogen and oxygen atoms in total. The number of nitrogens with zero attached hydrogens (tertiary/aromatic N) is 4. The van der Waals surface area contributed by atoms with Crippen LogP contribution in [0.1, 0.15) is 38.3 Å². The van der Waals surface area contributed by atoms with Crippen molar-refractivity contribution in [1.82, 2.24) is 10.3 Å². The number of non-ortho nitro benzene ring substituents is 1. The molecule has 0 fully saturated rings. The van der Waals surface area contributed by atoms with Gasteiger partial charge < -0.3 is 5.32 Å². The molecule has 0 spiro atoms. The van der Waals surface area contributed by atoms with Crippen LogP contribution in [0.5, 0.6) is 0 Å². The number of nitro groups is 1. The summed E-state index contributed by atoms with van der Waals surface area (Å²) in [6.45, 7) is 5.61. The fourth-order valence-electron chi connectivity index (χ4n) is 3.04. The number of nitro benzene ring substituents is 1. The number of carbonyl (C=O) groups excluding carboxylic acids is 1. The van der Waals surface area contributed by atoms with Gasteiger partial charge in [0, 0.05) is 35.2 Å². The molecule has 1 amide bonds. The summed E-state index contributed by atoms with van der Waals surface area (Å²) in [4.78, 5) is 22.9. The quantitative estimate of drug-likeness (QED) is 0.403. The summed E-state index contributed by atoms with van der Waals surface area (Å²) in [5.74, 6) is -0.145. The van der Waals surface area contributed by atoms with Crippen molar-refractivity contribution < 1.29 is 18.1 Å². The lowest BCUT2D eigenvalue weighted by atomic mass is 10.1. The van der Waals surface area contributed by atoms with E-state index < -0.39 is 20.5 Å². The smallest absolute Gasteiger partial charge is 0.285 e. The number of hydrogen-bond donors (Lipinski definition) is 1. The van der Waals surface area contributed by atoms with Gasteiger partial charge in [0.2, 0.25) is 5.91 Å². The van der Waals surface area contributed by atoms with Gasteiger partial charge in [-0.05, 0) is 32.9 Å². The van der Waals surface area contributed by atoms with Gasteiger partial charge in [0.05, 0.1) is 17.7 Å². The van der Waals surface area contributed by atoms with Gasteiger partial charge in [-0.15, -0.1) is 4.40 Å². The summed E-state index contributed by atoms with van der Waals surface area (Å²) in [5, 5.41) is 19.5. The van der Waals surface area contributed by atoms with E-state index in [1.54, 1.807) is 24.3 Å². The number of fused-ring (bicyclic) bond motifs is 1. The van der Waals surface area contributed by atoms with E-state index in [1.807, 2.05) is 20.8 Å². The van der Waals surface area contributed by atoms with E-state index in [0.717, 1.165) is 0 Å². The van der Waals surface area contributed by atoms with E-state index >= 15 is 0 Å². The van der Waals surface area contributed by atoms with Crippen LogP contribution in [-0.4, -0.2) is 48.4 Å². The fraction of sp³-hybridized carbons (Fsp3) is 0.286. The van der Waals surface area contributed by atoms with Gasteiger partial charge in [-0.1, -0.05) is 24.3 Å². The van der Waals surface area contributed by atoms with Crippen LogP contribution >= 0.6 is 0 Å². The molecule has 3 rings (SSSR count). The Kier molecular flexibility index (Phi) is 6.40. The standard InChI is InChI=1S/C21H23N5O5S/c1-21(2,3)23-19(27)11-12-25(22-14-15-7-6-8-16(13-15)26(28)29)20-17-9-4-5-10-18(17)32(30,31)24-20/h4-10,13-14H,11-12H2,1-3H3,(H,23,27)/b22-14+. The molecule has 0 saturated carbocycles. The molecule has 1 aliphatic rings. The number of amides is 1. The van der Waals surface area contributed by atoms with Crippen molar-refractivity contribution in [2.45, 2.75) is 37.6 Å². The van der Waals surface area contributed by atoms with Crippen LogP contribution in [-0.2, 0) is 14.8 Å². The van der Waals surface area contributed by atoms with E-state index in [4.69, 9.17) is 0 Å². The highest BCUT2D eigenvalue weighted by Gasteiger charge is 2.32. The molecule has 1 aliphatic heterocycles. The van der Waals surface area contributed by atoms with Crippen molar-refractivity contribution in [2.24, 2.45) is 9.50 Å². The van der Waals surface area contributed by atoms with Gasteiger partial charge >= 0.3 is 0 Å². The predicted molar refractivity (Wildman–Crippen MR) is 120 cm³/mol. The lowest BCUT2D eigenvalue weighted by Crippen LogP contribution is -2.42. The molecule has 0 radical (unpaired) electrons. The minimum atomic E-state index is -3.89. The molecule has 0 unspecified atom stereocenters. The van der Waals surface area contributed by atoms with Crippen molar-refractivity contribution >= 4 is 33.7 Å². The number of amidine groups is 1. The van der Waals surface area contributed by atoms with Gasteiger partial charge in [-0.3, -0.25) is 14.9 Å². The maximum Gasteiger partial charge on any atom is 0.285 e. The second kappa shape index (κ2) is 8.87. The van der Waals surface area contributed by atoms with Crippen molar-refractivity contribution in [2.75, 3.05) is 6.54 Å². The maximum atomic E-state index is 12.5. The maximum absolute atomic E-state index is 12.5. The van der Waals surface area contributed by atoms with Gasteiger partial charge in [-0.25, -0.2) is 5.01 Å². The summed E-state index contributed by atoms with van der Waals surface area (Å²) in [5.41, 5.74) is 0.295. The second-order valence-electron chi connectivity index (χ2n) is 8.15. The molecule has 0 bridgehead atoms. The molecule has 1 heterocycles. The van der Waals surface area contributed by atoms with Gasteiger partial charge in [-0.2, -0.15) is 13.5 Å². The molecular formula is C21H23N5O5S. The van der Waals surface area contributed by atoms with Crippen molar-refractivity contribution in [3.05, 3.63) is 69.8 Å². The van der Waals surface area contributed by atoms with Gasteiger partial charge in [0.1, 0.15) is 4.90 Å². The Morgan fingerprint density at radius 1 is 1.22 bits per heavy atom. The third-order valence-electron chi connectivity index (χ3n) is 4.35. The molecule has 0 atom stereocenters. The van der Waals surface area contributed by atoms with Crippen LogP contribution < -0.4 is 5.32 Å². The lowest BCUT2D eigenvalue weighted by Gasteiger charge is -2.22. The van der Waals surface area contributed by atoms with Crippen LogP contribution in [0.4, 0.5) is 5.69 Å². The topological polar surface area (TPSA) is 134 Å². The zero-order valence-corrected chi connectivity index (χ0v) is 18.7. The lowest BCUT2D eigenvalue weighted by molar-refractivity contribution is -0.384. The highest BCUT2D eigenvalue weighted by molar-refractivity contribution is 7.90. The normalized spacial score (nSPS) is 14.7. The molecule has 168 valence electrons. The highest BCUT2D eigenvalue weighted by Crippen LogP contribution is 2.27. The van der Waals surface area contributed by atoms with E-state index in [9.17, 15) is 23.3 Å². The first-order valence-electron chi connectivity index (χ1n) is 9.78. The Morgan fingerprint density at radius 2 is 1.94 bits per heavy atom. The SMILES string of the molecule is CC(C)(C)NC(=O)CCN(/N=C/c1cccc([N+](=O)[O-])c1)C1=NS(=O)(=O)c2ccccc21. The van der Waals surface area contributed by atoms with Crippen LogP contribution in [0.3, 0.4) is 0 Å². The summed E-state index contributed by atoms with van der Waals surface area (Å²) >= 11 is 0. The Hall–Kier alpha value is -3.60. The first-order chi connectivity index (χ1) is 15.0. The minimum absolute atomic E-state index is 0.0325. The number of hydrazone groups is 1. The Balaban J connectivity index is 1.93. The molecular weight excluding hydrogens is 434 g/mol. The zero-order valence-electron chi connectivity index (χ0n) is 17.8. The Bertz CT molecular complexity index is 1220. The number of carbonyl (C=O) groups is 1. The van der Waals surface area contributed by atoms with Crippen LogP contribution in [0, 0.1) is 10.1 Å². The van der Waals surface area contributed by atoms with E-state index in [0.29, 0.717) is 11.1 Å². The first-order valence-corrected chi connectivity index (χ1v) is 11.2. The Labute approximate surface area is 185 Å². The van der Waals surface area contributed by atoms with E-state index in [-0.39, 0.29) is 35.3 Å². The van der Waals surface area contributed by atoms with E-state index in [1.165, 1.54) is 35.5 Å². The summed E-state index contributed by atoms with van der Waals surface area (Å²) in [6.07, 6.45) is 1.40. The molecule has 32 heavy (non-hydrogen) atoms. The van der Waals surface area contributed by atoms with Crippen molar-refractivity contribution in [3.8, 4) is 0 Å². The molecule has 2 aromatic carbocycles. The van der Waals surface area contributed by atoms with Crippen LogP contribution in [0.2, 0.25) is 0 Å². The summed E-state index contributed by atoms with van der Waals surface area (Å²) in [6, 6.07) is 12.2. The monoisotopic (exact) mass is 457 g/mol. The number of sulfonamides is 1. The number of hydrogen-bond acceptors (Lipinski definition) is 7. The summed E-state index contributed by atoms with van der Waals surface area (Å²) < 4.78 is 28.8. The predicted octanol–water partition coefficient (Wildman–Crippen LogP) is 2.68. The Morgan fingerprint density at radius 3 is 2.62 bits per heavy atom. The van der Waals surface area contributed by atoms with Crippen molar-refractivity contribution in [1.29, 1.82) is 0 Å².